The molecular weight excluding hydrogens is 237 g/mol. The van der Waals surface area contributed by atoms with Crippen LogP contribution in [-0.4, -0.2) is 21.4 Å². The van der Waals surface area contributed by atoms with Crippen LogP contribution in [0.5, 0.6) is 0 Å². The number of rotatable bonds is 3. The second-order valence-electron chi connectivity index (χ2n) is 3.51. The molecule has 2 N–H and O–H groups in total. The van der Waals surface area contributed by atoms with E-state index in [4.69, 9.17) is 0 Å². The summed E-state index contributed by atoms with van der Waals surface area (Å²) in [5, 5.41) is 11.1. The highest BCUT2D eigenvalue weighted by Gasteiger charge is 1.97. The monoisotopic (exact) mass is 247 g/mol. The third-order valence-corrected chi connectivity index (χ3v) is 2.09. The molecule has 2 rings (SSSR count). The lowest BCUT2D eigenvalue weighted by atomic mass is 10.2. The van der Waals surface area contributed by atoms with Crippen molar-refractivity contribution in [2.24, 2.45) is 5.10 Å². The van der Waals surface area contributed by atoms with E-state index in [9.17, 15) is 9.18 Å². The molecule has 0 bridgehead atoms. The summed E-state index contributed by atoms with van der Waals surface area (Å²) in [5.41, 5.74) is 3.02. The number of nitrogens with one attached hydrogen (secondary N) is 2. The molecule has 0 unspecified atom stereocenters. The summed E-state index contributed by atoms with van der Waals surface area (Å²) >= 11 is 0. The fourth-order valence-electron chi connectivity index (χ4n) is 1.20. The van der Waals surface area contributed by atoms with Crippen LogP contribution in [-0.2, 0) is 0 Å². The topological polar surface area (TPSA) is 83.0 Å². The van der Waals surface area contributed by atoms with Gasteiger partial charge in [0.05, 0.1) is 6.21 Å². The first-order valence-electron chi connectivity index (χ1n) is 5.13. The predicted octanol–water partition coefficient (Wildman–Crippen LogP) is 1.06. The first-order chi connectivity index (χ1) is 8.65. The van der Waals surface area contributed by atoms with Gasteiger partial charge < -0.3 is 0 Å². The largest absolute Gasteiger partial charge is 0.288 e. The maximum atomic E-state index is 12.9. The quantitative estimate of drug-likeness (QED) is 0.627. The number of aromatic amines is 1. The molecule has 1 aromatic heterocycles. The molecule has 0 aliphatic rings. The Hall–Kier alpha value is -2.57. The number of aromatic nitrogens is 3. The molecule has 0 fully saturated rings. The first-order valence-corrected chi connectivity index (χ1v) is 5.13. The number of anilines is 1. The molecule has 92 valence electrons. The van der Waals surface area contributed by atoms with Crippen molar-refractivity contribution in [2.75, 3.05) is 5.43 Å². The van der Waals surface area contributed by atoms with Crippen LogP contribution in [0.2, 0.25) is 0 Å². The molecule has 7 heteroatoms. The van der Waals surface area contributed by atoms with Gasteiger partial charge in [0, 0.05) is 0 Å². The number of hydrazone groups is 1. The lowest BCUT2D eigenvalue weighted by Crippen LogP contribution is -2.15. The summed E-state index contributed by atoms with van der Waals surface area (Å²) in [6, 6.07) is 5.94. The van der Waals surface area contributed by atoms with Gasteiger partial charge in [-0.05, 0) is 24.6 Å². The Bertz CT molecular complexity index is 637. The van der Waals surface area contributed by atoms with Gasteiger partial charge in [-0.3, -0.25) is 9.78 Å². The van der Waals surface area contributed by atoms with Gasteiger partial charge in [-0.1, -0.05) is 12.1 Å². The van der Waals surface area contributed by atoms with E-state index in [-0.39, 0.29) is 23.0 Å². The van der Waals surface area contributed by atoms with E-state index in [2.05, 4.69) is 25.7 Å². The van der Waals surface area contributed by atoms with Gasteiger partial charge >= 0.3 is 0 Å². The van der Waals surface area contributed by atoms with E-state index in [1.54, 1.807) is 19.1 Å². The molecule has 6 nitrogen and oxygen atoms in total. The third kappa shape index (κ3) is 2.97. The number of hydrogen-bond donors (Lipinski definition) is 2. The van der Waals surface area contributed by atoms with Gasteiger partial charge in [0.15, 0.2) is 0 Å². The fraction of sp³-hybridized carbons (Fsp3) is 0.0909. The molecule has 1 aromatic carbocycles. The van der Waals surface area contributed by atoms with Crippen LogP contribution in [0.3, 0.4) is 0 Å². The van der Waals surface area contributed by atoms with Gasteiger partial charge in [0.2, 0.25) is 5.95 Å². The van der Waals surface area contributed by atoms with Gasteiger partial charge in [-0.25, -0.2) is 9.82 Å². The molecule has 1 heterocycles. The van der Waals surface area contributed by atoms with Crippen LogP contribution in [0.25, 0.3) is 0 Å². The molecule has 0 radical (unpaired) electrons. The summed E-state index contributed by atoms with van der Waals surface area (Å²) in [6.45, 7) is 1.55. The molecule has 0 aliphatic carbocycles. The van der Waals surface area contributed by atoms with Gasteiger partial charge in [0.1, 0.15) is 11.5 Å². The normalized spacial score (nSPS) is 10.8. The summed E-state index contributed by atoms with van der Waals surface area (Å²) in [4.78, 5) is 13.7. The standard InChI is InChI=1S/C11H10FN5O/c1-7-10(18)14-11(17-15-7)16-13-6-8-3-2-4-9(12)5-8/h2-6H,1H3,(H2,14,16,17,18)/b13-6+. The number of benzene rings is 1. The van der Waals surface area contributed by atoms with Crippen LogP contribution in [0.4, 0.5) is 10.3 Å². The molecule has 0 spiro atoms. The lowest BCUT2D eigenvalue weighted by Gasteiger charge is -1.98. The minimum absolute atomic E-state index is 0.123. The second kappa shape index (κ2) is 5.17. The molecule has 0 saturated carbocycles. The maximum absolute atomic E-state index is 12.9. The Morgan fingerprint density at radius 3 is 3.00 bits per heavy atom. The van der Waals surface area contributed by atoms with Crippen molar-refractivity contribution in [3.05, 3.63) is 51.7 Å². The Morgan fingerprint density at radius 2 is 2.28 bits per heavy atom. The van der Waals surface area contributed by atoms with E-state index < -0.39 is 0 Å². The SMILES string of the molecule is Cc1nnc(N/N=C/c2cccc(F)c2)[nH]c1=O. The zero-order valence-corrected chi connectivity index (χ0v) is 9.51. The third-order valence-electron chi connectivity index (χ3n) is 2.09. The minimum Gasteiger partial charge on any atom is -0.288 e. The first kappa shape index (κ1) is 11.9. The Balaban J connectivity index is 2.07. The van der Waals surface area contributed by atoms with E-state index in [1.807, 2.05) is 0 Å². The Morgan fingerprint density at radius 1 is 1.44 bits per heavy atom. The van der Waals surface area contributed by atoms with Crippen LogP contribution in [0.15, 0.2) is 34.2 Å². The van der Waals surface area contributed by atoms with E-state index in [1.165, 1.54) is 18.3 Å². The number of hydrogen-bond acceptors (Lipinski definition) is 5. The summed E-state index contributed by atoms with van der Waals surface area (Å²) in [6.07, 6.45) is 1.41. The molecule has 0 amide bonds. The van der Waals surface area contributed by atoms with Crippen molar-refractivity contribution in [1.29, 1.82) is 0 Å². The fourth-order valence-corrected chi connectivity index (χ4v) is 1.20. The minimum atomic E-state index is -0.345. The van der Waals surface area contributed by atoms with Crippen molar-refractivity contribution < 1.29 is 4.39 Å². The maximum Gasteiger partial charge on any atom is 0.274 e. The van der Waals surface area contributed by atoms with Crippen molar-refractivity contribution >= 4 is 12.2 Å². The highest BCUT2D eigenvalue weighted by atomic mass is 19.1. The summed E-state index contributed by atoms with van der Waals surface area (Å²) < 4.78 is 12.9. The predicted molar refractivity (Wildman–Crippen MR) is 65.0 cm³/mol. The van der Waals surface area contributed by atoms with Crippen LogP contribution in [0.1, 0.15) is 11.3 Å². The molecular formula is C11H10FN5O. The van der Waals surface area contributed by atoms with Gasteiger partial charge in [0.25, 0.3) is 5.56 Å². The van der Waals surface area contributed by atoms with Crippen LogP contribution in [0, 0.1) is 12.7 Å². The van der Waals surface area contributed by atoms with E-state index in [0.29, 0.717) is 5.56 Å². The summed E-state index contributed by atoms with van der Waals surface area (Å²) in [5.74, 6) is -0.222. The van der Waals surface area contributed by atoms with Crippen molar-refractivity contribution in [3.8, 4) is 0 Å². The second-order valence-corrected chi connectivity index (χ2v) is 3.51. The molecule has 2 aromatic rings. The Kier molecular flexibility index (Phi) is 3.42. The van der Waals surface area contributed by atoms with E-state index >= 15 is 0 Å². The number of aryl methyl sites for hydroxylation is 1. The number of H-pyrrole nitrogens is 1. The lowest BCUT2D eigenvalue weighted by molar-refractivity contribution is 0.627. The highest BCUT2D eigenvalue weighted by Crippen LogP contribution is 2.00. The average Bonchev–Trinajstić information content (AvgIpc) is 2.34. The molecule has 0 aliphatic heterocycles. The van der Waals surface area contributed by atoms with Gasteiger partial charge in [-0.15, -0.1) is 10.2 Å². The summed E-state index contributed by atoms with van der Waals surface area (Å²) in [7, 11) is 0. The number of nitrogens with zero attached hydrogens (tertiary/aromatic N) is 3. The van der Waals surface area contributed by atoms with Crippen LogP contribution < -0.4 is 11.0 Å². The zero-order valence-electron chi connectivity index (χ0n) is 9.51. The Labute approximate surface area is 102 Å². The molecule has 0 saturated heterocycles. The van der Waals surface area contributed by atoms with Crippen LogP contribution >= 0.6 is 0 Å². The van der Waals surface area contributed by atoms with Crippen molar-refractivity contribution in [2.45, 2.75) is 6.92 Å². The van der Waals surface area contributed by atoms with Gasteiger partial charge in [-0.2, -0.15) is 5.10 Å². The number of halogens is 1. The van der Waals surface area contributed by atoms with E-state index in [0.717, 1.165) is 0 Å². The zero-order chi connectivity index (χ0) is 13.0. The van der Waals surface area contributed by atoms with Crippen molar-refractivity contribution in [1.82, 2.24) is 15.2 Å². The molecule has 18 heavy (non-hydrogen) atoms. The smallest absolute Gasteiger partial charge is 0.274 e. The highest BCUT2D eigenvalue weighted by molar-refractivity contribution is 5.79. The average molecular weight is 247 g/mol. The van der Waals surface area contributed by atoms with Crippen molar-refractivity contribution in [3.63, 3.8) is 0 Å². The molecule has 0 atom stereocenters.